The lowest BCUT2D eigenvalue weighted by Gasteiger charge is -2.45. The van der Waals surface area contributed by atoms with Crippen LogP contribution in [0.4, 0.5) is 0 Å². The number of amides is 2. The van der Waals surface area contributed by atoms with Crippen LogP contribution in [0.5, 0.6) is 0 Å². The van der Waals surface area contributed by atoms with E-state index in [9.17, 15) is 9.59 Å². The van der Waals surface area contributed by atoms with Gasteiger partial charge in [0.15, 0.2) is 0 Å². The SMILES string of the molecule is CSCCN1C(=O)C(C)(C2CC2)NC(=O)C1CC(C)C. The van der Waals surface area contributed by atoms with Gasteiger partial charge in [0.2, 0.25) is 11.8 Å². The summed E-state index contributed by atoms with van der Waals surface area (Å²) in [4.78, 5) is 27.2. The molecule has 2 rings (SSSR count). The third kappa shape index (κ3) is 2.97. The molecule has 2 atom stereocenters. The Morgan fingerprint density at radius 3 is 2.55 bits per heavy atom. The zero-order valence-electron chi connectivity index (χ0n) is 12.9. The van der Waals surface area contributed by atoms with Gasteiger partial charge in [0.1, 0.15) is 11.6 Å². The van der Waals surface area contributed by atoms with Crippen molar-refractivity contribution >= 4 is 23.6 Å². The number of piperazine rings is 1. The second-order valence-corrected chi connectivity index (χ2v) is 7.59. The summed E-state index contributed by atoms with van der Waals surface area (Å²) in [6.07, 6.45) is 4.88. The van der Waals surface area contributed by atoms with Gasteiger partial charge in [-0.2, -0.15) is 11.8 Å². The van der Waals surface area contributed by atoms with Crippen LogP contribution in [0.25, 0.3) is 0 Å². The highest BCUT2D eigenvalue weighted by Gasteiger charge is 2.55. The fraction of sp³-hybridized carbons (Fsp3) is 0.867. The van der Waals surface area contributed by atoms with Crippen molar-refractivity contribution in [1.82, 2.24) is 10.2 Å². The van der Waals surface area contributed by atoms with Crippen molar-refractivity contribution in [3.8, 4) is 0 Å². The molecule has 1 saturated carbocycles. The third-order valence-corrected chi connectivity index (χ3v) is 4.98. The standard InChI is InChI=1S/C15H26N2O2S/c1-10(2)9-12-13(18)16-15(3,11-5-6-11)14(19)17(12)7-8-20-4/h10-12H,5-9H2,1-4H3,(H,16,18). The molecule has 1 saturated heterocycles. The number of carbonyl (C=O) groups excluding carboxylic acids is 2. The van der Waals surface area contributed by atoms with Crippen LogP contribution in [0.15, 0.2) is 0 Å². The average molecular weight is 298 g/mol. The molecule has 2 fully saturated rings. The maximum Gasteiger partial charge on any atom is 0.249 e. The number of nitrogens with one attached hydrogen (secondary N) is 1. The highest BCUT2D eigenvalue weighted by atomic mass is 32.2. The van der Waals surface area contributed by atoms with E-state index in [0.29, 0.717) is 18.4 Å². The molecule has 1 aliphatic heterocycles. The molecule has 1 N–H and O–H groups in total. The molecular weight excluding hydrogens is 272 g/mol. The molecule has 2 unspecified atom stereocenters. The summed E-state index contributed by atoms with van der Waals surface area (Å²) in [7, 11) is 0. The van der Waals surface area contributed by atoms with E-state index in [2.05, 4.69) is 19.2 Å². The van der Waals surface area contributed by atoms with Crippen LogP contribution < -0.4 is 5.32 Å². The lowest BCUT2D eigenvalue weighted by Crippen LogP contribution is -2.70. The first kappa shape index (κ1) is 15.7. The van der Waals surface area contributed by atoms with Crippen molar-refractivity contribution in [1.29, 1.82) is 0 Å². The normalized spacial score (nSPS) is 30.9. The molecular formula is C15H26N2O2S. The molecule has 20 heavy (non-hydrogen) atoms. The van der Waals surface area contributed by atoms with Crippen LogP contribution in [0.2, 0.25) is 0 Å². The van der Waals surface area contributed by atoms with Gasteiger partial charge in [-0.25, -0.2) is 0 Å². The fourth-order valence-electron chi connectivity index (χ4n) is 3.04. The molecule has 4 nitrogen and oxygen atoms in total. The van der Waals surface area contributed by atoms with Crippen LogP contribution in [0, 0.1) is 11.8 Å². The molecule has 5 heteroatoms. The Balaban J connectivity index is 2.21. The molecule has 0 radical (unpaired) electrons. The van der Waals surface area contributed by atoms with Gasteiger partial charge in [-0.1, -0.05) is 13.8 Å². The summed E-state index contributed by atoms with van der Waals surface area (Å²) in [5.74, 6) is 1.78. The van der Waals surface area contributed by atoms with E-state index in [1.54, 1.807) is 11.8 Å². The second-order valence-electron chi connectivity index (χ2n) is 6.60. The largest absolute Gasteiger partial charge is 0.340 e. The van der Waals surface area contributed by atoms with E-state index < -0.39 is 5.54 Å². The van der Waals surface area contributed by atoms with Gasteiger partial charge < -0.3 is 10.2 Å². The Hall–Kier alpha value is -0.710. The summed E-state index contributed by atoms with van der Waals surface area (Å²) in [5.41, 5.74) is -0.664. The van der Waals surface area contributed by atoms with E-state index in [-0.39, 0.29) is 17.9 Å². The van der Waals surface area contributed by atoms with Gasteiger partial charge in [0, 0.05) is 12.3 Å². The Labute approximate surface area is 126 Å². The molecule has 0 spiro atoms. The highest BCUT2D eigenvalue weighted by Crippen LogP contribution is 2.42. The first-order valence-electron chi connectivity index (χ1n) is 7.52. The molecule has 1 heterocycles. The summed E-state index contributed by atoms with van der Waals surface area (Å²) in [6.45, 7) is 6.77. The minimum Gasteiger partial charge on any atom is -0.340 e. The molecule has 1 aliphatic carbocycles. The fourth-order valence-corrected chi connectivity index (χ4v) is 3.42. The molecule has 2 aliphatic rings. The van der Waals surface area contributed by atoms with Gasteiger partial charge in [-0.05, 0) is 44.3 Å². The van der Waals surface area contributed by atoms with Crippen molar-refractivity contribution < 1.29 is 9.59 Å². The topological polar surface area (TPSA) is 49.4 Å². The van der Waals surface area contributed by atoms with Crippen LogP contribution in [0.1, 0.15) is 40.0 Å². The lowest BCUT2D eigenvalue weighted by atomic mass is 9.87. The Morgan fingerprint density at radius 1 is 1.40 bits per heavy atom. The van der Waals surface area contributed by atoms with Gasteiger partial charge in [0.05, 0.1) is 0 Å². The molecule has 0 aromatic carbocycles. The van der Waals surface area contributed by atoms with Crippen LogP contribution in [-0.4, -0.2) is 46.8 Å². The van der Waals surface area contributed by atoms with Crippen molar-refractivity contribution in [2.24, 2.45) is 11.8 Å². The highest BCUT2D eigenvalue weighted by molar-refractivity contribution is 7.98. The van der Waals surface area contributed by atoms with E-state index in [4.69, 9.17) is 0 Å². The number of carbonyl (C=O) groups is 2. The van der Waals surface area contributed by atoms with Gasteiger partial charge in [-0.3, -0.25) is 9.59 Å². The molecule has 2 amide bonds. The maximum atomic E-state index is 12.9. The Bertz CT molecular complexity index is 395. The van der Waals surface area contributed by atoms with Crippen molar-refractivity contribution in [2.75, 3.05) is 18.6 Å². The second kappa shape index (κ2) is 5.96. The van der Waals surface area contributed by atoms with Crippen LogP contribution >= 0.6 is 11.8 Å². The van der Waals surface area contributed by atoms with E-state index in [1.165, 1.54) is 0 Å². The van der Waals surface area contributed by atoms with Crippen LogP contribution in [-0.2, 0) is 9.59 Å². The smallest absolute Gasteiger partial charge is 0.249 e. The number of thioether (sulfide) groups is 1. The number of hydrogen-bond acceptors (Lipinski definition) is 3. The van der Waals surface area contributed by atoms with Crippen molar-refractivity contribution in [2.45, 2.75) is 51.6 Å². The zero-order valence-corrected chi connectivity index (χ0v) is 13.8. The minimum atomic E-state index is -0.664. The molecule has 0 aromatic rings. The number of hydrogen-bond donors (Lipinski definition) is 1. The van der Waals surface area contributed by atoms with Crippen molar-refractivity contribution in [3.63, 3.8) is 0 Å². The summed E-state index contributed by atoms with van der Waals surface area (Å²) in [6, 6.07) is -0.290. The number of rotatable bonds is 6. The molecule has 0 aromatic heterocycles. The Kier molecular flexibility index (Phi) is 4.67. The predicted molar refractivity (Wildman–Crippen MR) is 82.6 cm³/mol. The molecule has 0 bridgehead atoms. The summed E-state index contributed by atoms with van der Waals surface area (Å²) >= 11 is 1.72. The van der Waals surface area contributed by atoms with Gasteiger partial charge >= 0.3 is 0 Å². The van der Waals surface area contributed by atoms with Gasteiger partial charge in [0.25, 0.3) is 0 Å². The number of nitrogens with zero attached hydrogens (tertiary/aromatic N) is 1. The summed E-state index contributed by atoms with van der Waals surface area (Å²) < 4.78 is 0. The average Bonchev–Trinajstić information content (AvgIpc) is 3.19. The lowest BCUT2D eigenvalue weighted by molar-refractivity contribution is -0.155. The minimum absolute atomic E-state index is 0.0359. The zero-order chi connectivity index (χ0) is 14.9. The van der Waals surface area contributed by atoms with E-state index in [0.717, 1.165) is 25.0 Å². The maximum absolute atomic E-state index is 12.9. The first-order chi connectivity index (χ1) is 9.40. The monoisotopic (exact) mass is 298 g/mol. The van der Waals surface area contributed by atoms with Crippen molar-refractivity contribution in [3.05, 3.63) is 0 Å². The predicted octanol–water partition coefficient (Wildman–Crippen LogP) is 1.89. The van der Waals surface area contributed by atoms with E-state index >= 15 is 0 Å². The Morgan fingerprint density at radius 2 is 2.05 bits per heavy atom. The van der Waals surface area contributed by atoms with Crippen LogP contribution in [0.3, 0.4) is 0 Å². The third-order valence-electron chi connectivity index (χ3n) is 4.39. The molecule has 114 valence electrons. The first-order valence-corrected chi connectivity index (χ1v) is 8.91. The quantitative estimate of drug-likeness (QED) is 0.814. The van der Waals surface area contributed by atoms with E-state index in [1.807, 2.05) is 18.1 Å². The summed E-state index contributed by atoms with van der Waals surface area (Å²) in [5, 5.41) is 3.03. The van der Waals surface area contributed by atoms with Gasteiger partial charge in [-0.15, -0.1) is 0 Å².